The third kappa shape index (κ3) is 4.50. The Hall–Kier alpha value is -2.09. The lowest BCUT2D eigenvalue weighted by Crippen LogP contribution is -2.11. The molecular formula is C23H31NO. The summed E-state index contributed by atoms with van der Waals surface area (Å²) >= 11 is 0. The number of hydrogen-bond acceptors (Lipinski definition) is 2. The van der Waals surface area contributed by atoms with E-state index in [0.29, 0.717) is 11.8 Å². The topological polar surface area (TPSA) is 32.6 Å². The van der Waals surface area contributed by atoms with E-state index in [1.54, 1.807) is 12.3 Å². The lowest BCUT2D eigenvalue weighted by molar-refractivity contribution is 0.473. The van der Waals surface area contributed by atoms with E-state index >= 15 is 0 Å². The third-order valence-electron chi connectivity index (χ3n) is 4.57. The van der Waals surface area contributed by atoms with E-state index in [9.17, 15) is 5.11 Å². The fourth-order valence-corrected chi connectivity index (χ4v) is 2.92. The van der Waals surface area contributed by atoms with Gasteiger partial charge in [-0.3, -0.25) is 4.99 Å². The minimum absolute atomic E-state index is 0.0369. The Kier molecular flexibility index (Phi) is 5.72. The molecule has 0 aliphatic carbocycles. The minimum atomic E-state index is 0.0369. The second-order valence-corrected chi connectivity index (χ2v) is 8.38. The van der Waals surface area contributed by atoms with Crippen molar-refractivity contribution >= 4 is 11.9 Å². The van der Waals surface area contributed by atoms with Crippen LogP contribution in [-0.2, 0) is 5.41 Å². The third-order valence-corrected chi connectivity index (χ3v) is 4.57. The van der Waals surface area contributed by atoms with Gasteiger partial charge in [0.15, 0.2) is 0 Å². The molecule has 2 nitrogen and oxygen atoms in total. The van der Waals surface area contributed by atoms with Crippen molar-refractivity contribution in [3.63, 3.8) is 0 Å². The van der Waals surface area contributed by atoms with Gasteiger partial charge in [-0.1, -0.05) is 72.7 Å². The standard InChI is InChI=1S/C23H31NO/c1-15(2)19-9-8-10-20(16(3)4)22(19)24-14-17-13-18(23(5,6)7)11-12-21(17)25/h8-16,25H,1-7H3. The van der Waals surface area contributed by atoms with Gasteiger partial charge in [0.1, 0.15) is 5.75 Å². The normalized spacial score (nSPS) is 12.5. The highest BCUT2D eigenvalue weighted by Crippen LogP contribution is 2.35. The Bertz CT molecular complexity index is 738. The van der Waals surface area contributed by atoms with Crippen LogP contribution in [0.4, 0.5) is 5.69 Å². The molecule has 2 aromatic rings. The Morgan fingerprint density at radius 3 is 1.96 bits per heavy atom. The average Bonchev–Trinajstić information content (AvgIpc) is 2.52. The van der Waals surface area contributed by atoms with Crippen molar-refractivity contribution in [3.05, 3.63) is 58.7 Å². The van der Waals surface area contributed by atoms with Gasteiger partial charge < -0.3 is 5.11 Å². The second-order valence-electron chi connectivity index (χ2n) is 8.38. The Morgan fingerprint density at radius 2 is 1.48 bits per heavy atom. The molecule has 0 saturated carbocycles. The molecule has 2 rings (SSSR count). The van der Waals surface area contributed by atoms with Crippen LogP contribution < -0.4 is 0 Å². The molecule has 2 aromatic carbocycles. The van der Waals surface area contributed by atoms with Crippen molar-refractivity contribution in [1.29, 1.82) is 0 Å². The molecule has 0 bridgehead atoms. The molecular weight excluding hydrogens is 306 g/mol. The van der Waals surface area contributed by atoms with Gasteiger partial charge in [-0.2, -0.15) is 0 Å². The highest BCUT2D eigenvalue weighted by Gasteiger charge is 2.16. The number of nitrogens with zero attached hydrogens (tertiary/aromatic N) is 1. The summed E-state index contributed by atoms with van der Waals surface area (Å²) in [4.78, 5) is 4.82. The van der Waals surface area contributed by atoms with Gasteiger partial charge in [0.2, 0.25) is 0 Å². The monoisotopic (exact) mass is 337 g/mol. The number of aliphatic imine (C=N–C) groups is 1. The predicted molar refractivity (Wildman–Crippen MR) is 109 cm³/mol. The molecule has 0 spiro atoms. The SMILES string of the molecule is CC(C)c1cccc(C(C)C)c1N=Cc1cc(C(C)(C)C)ccc1O. The zero-order chi connectivity index (χ0) is 18.8. The van der Waals surface area contributed by atoms with Crippen molar-refractivity contribution in [3.8, 4) is 5.75 Å². The van der Waals surface area contributed by atoms with Crippen LogP contribution in [0.1, 0.15) is 82.6 Å². The molecule has 0 atom stereocenters. The quantitative estimate of drug-likeness (QED) is 0.619. The smallest absolute Gasteiger partial charge is 0.124 e. The zero-order valence-corrected chi connectivity index (χ0v) is 16.6. The lowest BCUT2D eigenvalue weighted by atomic mass is 9.86. The van der Waals surface area contributed by atoms with Crippen LogP contribution in [-0.4, -0.2) is 11.3 Å². The molecule has 0 aliphatic rings. The van der Waals surface area contributed by atoms with Gasteiger partial charge in [-0.05, 0) is 46.1 Å². The maximum absolute atomic E-state index is 10.2. The van der Waals surface area contributed by atoms with E-state index in [2.05, 4.69) is 66.7 Å². The molecule has 0 fully saturated rings. The van der Waals surface area contributed by atoms with Gasteiger partial charge in [-0.15, -0.1) is 0 Å². The molecule has 1 N–H and O–H groups in total. The molecule has 2 heteroatoms. The first-order chi connectivity index (χ1) is 11.6. The summed E-state index contributed by atoms with van der Waals surface area (Å²) in [5.74, 6) is 1.07. The zero-order valence-electron chi connectivity index (χ0n) is 16.6. The molecule has 0 aliphatic heterocycles. The summed E-state index contributed by atoms with van der Waals surface area (Å²) in [6.07, 6.45) is 1.80. The first-order valence-electron chi connectivity index (χ1n) is 9.11. The van der Waals surface area contributed by atoms with Gasteiger partial charge in [0, 0.05) is 11.8 Å². The van der Waals surface area contributed by atoms with Gasteiger partial charge in [-0.25, -0.2) is 0 Å². The average molecular weight is 338 g/mol. The summed E-state index contributed by atoms with van der Waals surface area (Å²) in [6.45, 7) is 15.3. The maximum atomic E-state index is 10.2. The molecule has 0 aromatic heterocycles. The molecule has 0 unspecified atom stereocenters. The molecule has 0 heterocycles. The molecule has 25 heavy (non-hydrogen) atoms. The van der Waals surface area contributed by atoms with Crippen molar-refractivity contribution in [1.82, 2.24) is 0 Å². The van der Waals surface area contributed by atoms with E-state index in [0.717, 1.165) is 11.3 Å². The lowest BCUT2D eigenvalue weighted by Gasteiger charge is -2.20. The second kappa shape index (κ2) is 7.43. The number of benzene rings is 2. The van der Waals surface area contributed by atoms with Crippen molar-refractivity contribution in [2.45, 2.75) is 65.7 Å². The Balaban J connectivity index is 2.53. The van der Waals surface area contributed by atoms with Crippen LogP contribution in [0.2, 0.25) is 0 Å². The highest BCUT2D eigenvalue weighted by atomic mass is 16.3. The largest absolute Gasteiger partial charge is 0.507 e. The maximum Gasteiger partial charge on any atom is 0.124 e. The number of rotatable bonds is 4. The van der Waals surface area contributed by atoms with Gasteiger partial charge >= 0.3 is 0 Å². The van der Waals surface area contributed by atoms with Crippen molar-refractivity contribution in [2.24, 2.45) is 4.99 Å². The summed E-state index contributed by atoms with van der Waals surface area (Å²) < 4.78 is 0. The fraction of sp³-hybridized carbons (Fsp3) is 0.435. The Morgan fingerprint density at radius 1 is 0.920 bits per heavy atom. The van der Waals surface area contributed by atoms with Crippen molar-refractivity contribution < 1.29 is 5.11 Å². The van der Waals surface area contributed by atoms with E-state index < -0.39 is 0 Å². The first kappa shape index (κ1) is 19.2. The van der Waals surface area contributed by atoms with Crippen LogP contribution in [0.15, 0.2) is 41.4 Å². The van der Waals surface area contributed by atoms with Crippen LogP contribution in [0.3, 0.4) is 0 Å². The molecule has 0 saturated heterocycles. The minimum Gasteiger partial charge on any atom is -0.507 e. The van der Waals surface area contributed by atoms with Crippen LogP contribution >= 0.6 is 0 Å². The van der Waals surface area contributed by atoms with E-state index in [1.807, 2.05) is 12.1 Å². The summed E-state index contributed by atoms with van der Waals surface area (Å²) in [6, 6.07) is 12.2. The molecule has 0 radical (unpaired) electrons. The van der Waals surface area contributed by atoms with Gasteiger partial charge in [0.05, 0.1) is 5.69 Å². The fourth-order valence-electron chi connectivity index (χ4n) is 2.92. The van der Waals surface area contributed by atoms with E-state index in [4.69, 9.17) is 4.99 Å². The van der Waals surface area contributed by atoms with Crippen LogP contribution in [0.5, 0.6) is 5.75 Å². The molecule has 134 valence electrons. The number of phenols is 1. The molecule has 0 amide bonds. The number of aromatic hydroxyl groups is 1. The Labute approximate surface area is 152 Å². The summed E-state index contributed by atoms with van der Waals surface area (Å²) in [5, 5.41) is 10.2. The number of hydrogen-bond donors (Lipinski definition) is 1. The number of phenolic OH excluding ortho intramolecular Hbond substituents is 1. The predicted octanol–water partition coefficient (Wildman–Crippen LogP) is 6.69. The highest BCUT2D eigenvalue weighted by molar-refractivity contribution is 5.86. The van der Waals surface area contributed by atoms with Crippen molar-refractivity contribution in [2.75, 3.05) is 0 Å². The summed E-state index contributed by atoms with van der Waals surface area (Å²) in [5.41, 5.74) is 5.51. The van der Waals surface area contributed by atoms with Crippen LogP contribution in [0.25, 0.3) is 0 Å². The van der Waals surface area contributed by atoms with E-state index in [1.165, 1.54) is 16.7 Å². The summed E-state index contributed by atoms with van der Waals surface area (Å²) in [7, 11) is 0. The van der Waals surface area contributed by atoms with Crippen LogP contribution in [0, 0.1) is 0 Å². The first-order valence-corrected chi connectivity index (χ1v) is 9.11. The van der Waals surface area contributed by atoms with Gasteiger partial charge in [0.25, 0.3) is 0 Å². The van der Waals surface area contributed by atoms with E-state index in [-0.39, 0.29) is 11.2 Å². The number of para-hydroxylation sites is 1.